The zero-order valence-corrected chi connectivity index (χ0v) is 11.4. The minimum absolute atomic E-state index is 0.00432. The Morgan fingerprint density at radius 1 is 1.48 bits per heavy atom. The number of esters is 1. The smallest absolute Gasteiger partial charge is 0.328 e. The summed E-state index contributed by atoms with van der Waals surface area (Å²) >= 11 is 0. The Hall–Kier alpha value is -2.61. The molecule has 0 aliphatic carbocycles. The Balaban J connectivity index is 2.56. The van der Waals surface area contributed by atoms with Crippen LogP contribution in [0.5, 0.6) is 0 Å². The van der Waals surface area contributed by atoms with Gasteiger partial charge in [-0.2, -0.15) is 0 Å². The summed E-state index contributed by atoms with van der Waals surface area (Å²) in [4.78, 5) is 34.2. The van der Waals surface area contributed by atoms with Gasteiger partial charge in [-0.1, -0.05) is 0 Å². The number of hydrogen-bond donors (Lipinski definition) is 3. The molecular weight excluding hydrogens is 280 g/mol. The van der Waals surface area contributed by atoms with Gasteiger partial charge in [0.2, 0.25) is 11.8 Å². The Bertz CT molecular complexity index is 509. The molecule has 0 fully saturated rings. The van der Waals surface area contributed by atoms with Gasteiger partial charge in [-0.05, 0) is 18.6 Å². The van der Waals surface area contributed by atoms with Gasteiger partial charge >= 0.3 is 5.97 Å². The molecule has 0 saturated heterocycles. The van der Waals surface area contributed by atoms with Crippen LogP contribution >= 0.6 is 0 Å². The van der Waals surface area contributed by atoms with E-state index in [9.17, 15) is 14.4 Å². The molecule has 8 nitrogen and oxygen atoms in total. The van der Waals surface area contributed by atoms with Crippen LogP contribution in [0.2, 0.25) is 0 Å². The molecule has 0 aliphatic rings. The van der Waals surface area contributed by atoms with Crippen molar-refractivity contribution in [3.63, 3.8) is 0 Å². The number of furan rings is 1. The Morgan fingerprint density at radius 2 is 2.24 bits per heavy atom. The summed E-state index contributed by atoms with van der Waals surface area (Å²) in [5, 5.41) is 10.8. The van der Waals surface area contributed by atoms with E-state index in [1.54, 1.807) is 6.07 Å². The molecule has 0 radical (unpaired) electrons. The van der Waals surface area contributed by atoms with Gasteiger partial charge in [0.15, 0.2) is 0 Å². The van der Waals surface area contributed by atoms with E-state index in [4.69, 9.17) is 9.62 Å². The first-order valence-corrected chi connectivity index (χ1v) is 6.08. The fourth-order valence-electron chi connectivity index (χ4n) is 1.48. The number of carbonyl (C=O) groups is 3. The quantitative estimate of drug-likeness (QED) is 0.287. The van der Waals surface area contributed by atoms with E-state index in [-0.39, 0.29) is 12.8 Å². The third kappa shape index (κ3) is 5.91. The molecule has 21 heavy (non-hydrogen) atoms. The minimum Gasteiger partial charge on any atom is -0.472 e. The van der Waals surface area contributed by atoms with Crippen LogP contribution in [-0.4, -0.2) is 36.1 Å². The van der Waals surface area contributed by atoms with Crippen molar-refractivity contribution < 1.29 is 28.7 Å². The molecule has 1 heterocycles. The number of nitrogens with one attached hydrogen (secondary N) is 2. The number of hydrogen-bond acceptors (Lipinski definition) is 6. The summed E-state index contributed by atoms with van der Waals surface area (Å²) in [6, 6.07) is 0.682. The first kappa shape index (κ1) is 16.4. The maximum Gasteiger partial charge on any atom is 0.328 e. The predicted octanol–water partition coefficient (Wildman–Crippen LogP) is 0.236. The van der Waals surface area contributed by atoms with Crippen LogP contribution in [-0.2, 0) is 19.1 Å². The molecular formula is C13H16N2O6. The van der Waals surface area contributed by atoms with Gasteiger partial charge < -0.3 is 14.5 Å². The highest BCUT2D eigenvalue weighted by atomic mass is 16.5. The number of methoxy groups -OCH3 is 1. The van der Waals surface area contributed by atoms with Gasteiger partial charge in [-0.3, -0.25) is 14.8 Å². The summed E-state index contributed by atoms with van der Waals surface area (Å²) in [5.41, 5.74) is 2.14. The Morgan fingerprint density at radius 3 is 2.81 bits per heavy atom. The molecule has 0 saturated carbocycles. The molecule has 0 spiro atoms. The third-order valence-corrected chi connectivity index (χ3v) is 2.56. The second kappa shape index (κ2) is 8.54. The van der Waals surface area contributed by atoms with Crippen LogP contribution in [0.4, 0.5) is 0 Å². The summed E-state index contributed by atoms with van der Waals surface area (Å²) in [7, 11) is 1.18. The molecule has 114 valence electrons. The lowest BCUT2D eigenvalue weighted by atomic mass is 10.1. The highest BCUT2D eigenvalue weighted by molar-refractivity contribution is 5.94. The van der Waals surface area contributed by atoms with Crippen LogP contribution < -0.4 is 10.8 Å². The average molecular weight is 296 g/mol. The van der Waals surface area contributed by atoms with E-state index >= 15 is 0 Å². The molecule has 0 aromatic carbocycles. The lowest BCUT2D eigenvalue weighted by Gasteiger charge is -2.14. The van der Waals surface area contributed by atoms with Crippen molar-refractivity contribution in [2.45, 2.75) is 18.9 Å². The van der Waals surface area contributed by atoms with Crippen molar-refractivity contribution in [3.05, 3.63) is 30.2 Å². The van der Waals surface area contributed by atoms with E-state index in [0.29, 0.717) is 5.56 Å². The van der Waals surface area contributed by atoms with Gasteiger partial charge in [0, 0.05) is 18.1 Å². The van der Waals surface area contributed by atoms with E-state index in [1.165, 1.54) is 37.3 Å². The monoisotopic (exact) mass is 296 g/mol. The summed E-state index contributed by atoms with van der Waals surface area (Å²) < 4.78 is 9.38. The SMILES string of the molecule is COC(=O)[C@H](CCC(=O)NO)NC(=O)C=Cc1ccoc1. The van der Waals surface area contributed by atoms with E-state index in [2.05, 4.69) is 10.1 Å². The molecule has 1 rings (SSSR count). The van der Waals surface area contributed by atoms with Crippen LogP contribution in [0.3, 0.4) is 0 Å². The van der Waals surface area contributed by atoms with Crippen molar-refractivity contribution in [3.8, 4) is 0 Å². The molecule has 1 aromatic heterocycles. The molecule has 0 bridgehead atoms. The van der Waals surface area contributed by atoms with Crippen molar-refractivity contribution in [1.82, 2.24) is 10.8 Å². The fraction of sp³-hybridized carbons (Fsp3) is 0.308. The lowest BCUT2D eigenvalue weighted by molar-refractivity contribution is -0.145. The first-order chi connectivity index (χ1) is 10.1. The van der Waals surface area contributed by atoms with E-state index in [0.717, 1.165) is 0 Å². The van der Waals surface area contributed by atoms with Gasteiger partial charge in [-0.25, -0.2) is 10.3 Å². The van der Waals surface area contributed by atoms with Crippen molar-refractivity contribution in [2.24, 2.45) is 0 Å². The Labute approximate surface area is 120 Å². The predicted molar refractivity (Wildman–Crippen MR) is 70.9 cm³/mol. The zero-order chi connectivity index (χ0) is 15.7. The van der Waals surface area contributed by atoms with E-state index < -0.39 is 23.8 Å². The van der Waals surface area contributed by atoms with Crippen molar-refractivity contribution in [1.29, 1.82) is 0 Å². The zero-order valence-electron chi connectivity index (χ0n) is 11.4. The van der Waals surface area contributed by atoms with Gasteiger partial charge in [0.25, 0.3) is 0 Å². The molecule has 8 heteroatoms. The minimum atomic E-state index is -0.978. The maximum absolute atomic E-state index is 11.7. The third-order valence-electron chi connectivity index (χ3n) is 2.56. The summed E-state index contributed by atoms with van der Waals surface area (Å²) in [6.45, 7) is 0. The highest BCUT2D eigenvalue weighted by Gasteiger charge is 2.21. The first-order valence-electron chi connectivity index (χ1n) is 6.08. The molecule has 0 unspecified atom stereocenters. The largest absolute Gasteiger partial charge is 0.472 e. The number of hydroxylamine groups is 1. The number of rotatable bonds is 7. The van der Waals surface area contributed by atoms with Crippen molar-refractivity contribution >= 4 is 23.9 Å². The second-order valence-electron chi connectivity index (χ2n) is 4.05. The number of carbonyl (C=O) groups excluding carboxylic acids is 3. The molecule has 1 aromatic rings. The van der Waals surface area contributed by atoms with E-state index in [1.807, 2.05) is 0 Å². The van der Waals surface area contributed by atoms with Gasteiger partial charge in [0.1, 0.15) is 6.04 Å². The normalized spacial score (nSPS) is 11.9. The molecule has 2 amide bonds. The van der Waals surface area contributed by atoms with Gasteiger partial charge in [0.05, 0.1) is 19.6 Å². The van der Waals surface area contributed by atoms with Crippen molar-refractivity contribution in [2.75, 3.05) is 7.11 Å². The topological polar surface area (TPSA) is 118 Å². The maximum atomic E-state index is 11.7. The van der Waals surface area contributed by atoms with Gasteiger partial charge in [-0.15, -0.1) is 0 Å². The van der Waals surface area contributed by atoms with Crippen LogP contribution in [0, 0.1) is 0 Å². The standard InChI is InChI=1S/C13H16N2O6/c1-20-13(18)10(3-5-12(17)15-19)14-11(16)4-2-9-6-7-21-8-9/h2,4,6-8,10,19H,3,5H2,1H3,(H,14,16)(H,15,17)/t10-/m0/s1. The van der Waals surface area contributed by atoms with Crippen LogP contribution in [0.1, 0.15) is 18.4 Å². The Kier molecular flexibility index (Phi) is 6.69. The molecule has 0 aliphatic heterocycles. The fourth-order valence-corrected chi connectivity index (χ4v) is 1.48. The lowest BCUT2D eigenvalue weighted by Crippen LogP contribution is -2.41. The average Bonchev–Trinajstić information content (AvgIpc) is 3.01. The second-order valence-corrected chi connectivity index (χ2v) is 4.05. The summed E-state index contributed by atoms with van der Waals surface area (Å²) in [6.07, 6.45) is 5.52. The highest BCUT2D eigenvalue weighted by Crippen LogP contribution is 2.03. The number of ether oxygens (including phenoxy) is 1. The molecule has 1 atom stereocenters. The summed E-state index contributed by atoms with van der Waals surface area (Å²) in [5.74, 6) is -1.85. The van der Waals surface area contributed by atoms with Crippen LogP contribution in [0.25, 0.3) is 6.08 Å². The molecule has 3 N–H and O–H groups in total. The van der Waals surface area contributed by atoms with Crippen LogP contribution in [0.15, 0.2) is 29.1 Å². The number of amides is 2.